The fourth-order valence-electron chi connectivity index (χ4n) is 3.34. The third kappa shape index (κ3) is 2.97. The number of rotatable bonds is 3. The third-order valence-corrected chi connectivity index (χ3v) is 4.23. The van der Waals surface area contributed by atoms with Gasteiger partial charge in [-0.25, -0.2) is 0 Å². The van der Waals surface area contributed by atoms with Crippen LogP contribution in [-0.2, 0) is 4.74 Å². The number of hydrogen-bond acceptors (Lipinski definition) is 4. The molecule has 1 fully saturated rings. The van der Waals surface area contributed by atoms with Gasteiger partial charge in [0.1, 0.15) is 5.75 Å². The first kappa shape index (κ1) is 13.9. The summed E-state index contributed by atoms with van der Waals surface area (Å²) in [7, 11) is 0. The molecule has 3 atom stereocenters. The number of hydrogen-bond donors (Lipinski definition) is 1. The van der Waals surface area contributed by atoms with E-state index in [0.717, 1.165) is 38.4 Å². The Labute approximate surface area is 120 Å². The van der Waals surface area contributed by atoms with Crippen LogP contribution in [-0.4, -0.2) is 49.9 Å². The van der Waals surface area contributed by atoms with Gasteiger partial charge in [0, 0.05) is 32.1 Å². The number of benzene rings is 1. The van der Waals surface area contributed by atoms with Crippen LogP contribution < -0.4 is 10.5 Å². The van der Waals surface area contributed by atoms with Crippen molar-refractivity contribution in [2.75, 3.05) is 32.8 Å². The molecule has 1 aromatic carbocycles. The van der Waals surface area contributed by atoms with E-state index >= 15 is 0 Å². The lowest BCUT2D eigenvalue weighted by Gasteiger charge is -2.39. The van der Waals surface area contributed by atoms with Gasteiger partial charge in [0.05, 0.1) is 18.8 Å². The standard InChI is InChI=1S/C16H24N2O2/c1-12-9-18(11-14(8-17)20-12)10-13-6-7-19-16-5-3-2-4-15(13)16/h2-5,12-14H,6-11,17H2,1H3. The second-order valence-electron chi connectivity index (χ2n) is 5.89. The molecule has 2 aliphatic rings. The molecule has 0 saturated carbocycles. The maximum atomic E-state index is 5.83. The van der Waals surface area contributed by atoms with Gasteiger partial charge < -0.3 is 15.2 Å². The smallest absolute Gasteiger partial charge is 0.122 e. The van der Waals surface area contributed by atoms with Crippen LogP contribution in [0.15, 0.2) is 24.3 Å². The lowest BCUT2D eigenvalue weighted by Crippen LogP contribution is -2.50. The molecule has 3 rings (SSSR count). The lowest BCUT2D eigenvalue weighted by molar-refractivity contribution is -0.0739. The van der Waals surface area contributed by atoms with Crippen molar-refractivity contribution in [2.45, 2.75) is 31.5 Å². The van der Waals surface area contributed by atoms with E-state index in [0.29, 0.717) is 12.5 Å². The van der Waals surface area contributed by atoms with Crippen LogP contribution in [0, 0.1) is 0 Å². The first-order valence-corrected chi connectivity index (χ1v) is 7.56. The summed E-state index contributed by atoms with van der Waals surface area (Å²) >= 11 is 0. The van der Waals surface area contributed by atoms with Gasteiger partial charge in [-0.05, 0) is 25.0 Å². The summed E-state index contributed by atoms with van der Waals surface area (Å²) in [5.74, 6) is 1.61. The molecule has 0 aliphatic carbocycles. The molecular weight excluding hydrogens is 252 g/mol. The summed E-state index contributed by atoms with van der Waals surface area (Å²) in [4.78, 5) is 2.50. The van der Waals surface area contributed by atoms with Gasteiger partial charge in [-0.1, -0.05) is 18.2 Å². The quantitative estimate of drug-likeness (QED) is 0.911. The SMILES string of the molecule is CC1CN(CC2CCOc3ccccc32)CC(CN)O1. The van der Waals surface area contributed by atoms with E-state index in [1.165, 1.54) is 5.56 Å². The molecule has 4 nitrogen and oxygen atoms in total. The summed E-state index contributed by atoms with van der Waals surface area (Å²) in [6.07, 6.45) is 1.54. The van der Waals surface area contributed by atoms with Crippen LogP contribution in [0.5, 0.6) is 5.75 Å². The first-order chi connectivity index (χ1) is 9.76. The molecule has 2 aliphatic heterocycles. The maximum Gasteiger partial charge on any atom is 0.122 e. The summed E-state index contributed by atoms with van der Waals surface area (Å²) in [5.41, 5.74) is 7.11. The van der Waals surface area contributed by atoms with Gasteiger partial charge in [-0.15, -0.1) is 0 Å². The average molecular weight is 276 g/mol. The second kappa shape index (κ2) is 6.12. The van der Waals surface area contributed by atoms with Crippen LogP contribution in [0.3, 0.4) is 0 Å². The molecule has 4 heteroatoms. The molecule has 0 radical (unpaired) electrons. The van der Waals surface area contributed by atoms with Crippen LogP contribution in [0.1, 0.15) is 24.8 Å². The summed E-state index contributed by atoms with van der Waals surface area (Å²) < 4.78 is 11.6. The normalized spacial score (nSPS) is 30.6. The molecule has 1 saturated heterocycles. The number of para-hydroxylation sites is 1. The van der Waals surface area contributed by atoms with Crippen molar-refractivity contribution in [3.8, 4) is 5.75 Å². The molecular formula is C16H24N2O2. The molecule has 2 heterocycles. The minimum absolute atomic E-state index is 0.175. The van der Waals surface area contributed by atoms with Gasteiger partial charge in [-0.3, -0.25) is 4.90 Å². The zero-order chi connectivity index (χ0) is 13.9. The zero-order valence-electron chi connectivity index (χ0n) is 12.1. The summed E-state index contributed by atoms with van der Waals surface area (Å²) in [6, 6.07) is 8.42. The van der Waals surface area contributed by atoms with Gasteiger partial charge in [0.15, 0.2) is 0 Å². The Morgan fingerprint density at radius 1 is 1.30 bits per heavy atom. The van der Waals surface area contributed by atoms with Gasteiger partial charge in [0.2, 0.25) is 0 Å². The van der Waals surface area contributed by atoms with E-state index in [4.69, 9.17) is 15.2 Å². The van der Waals surface area contributed by atoms with E-state index in [-0.39, 0.29) is 12.2 Å². The van der Waals surface area contributed by atoms with Crippen molar-refractivity contribution in [2.24, 2.45) is 5.73 Å². The van der Waals surface area contributed by atoms with Crippen LogP contribution in [0.2, 0.25) is 0 Å². The monoisotopic (exact) mass is 276 g/mol. The second-order valence-corrected chi connectivity index (χ2v) is 5.89. The van der Waals surface area contributed by atoms with Crippen molar-refractivity contribution in [3.63, 3.8) is 0 Å². The summed E-state index contributed by atoms with van der Waals surface area (Å²) in [5, 5.41) is 0. The number of morpholine rings is 1. The maximum absolute atomic E-state index is 5.83. The van der Waals surface area contributed by atoms with Crippen molar-refractivity contribution in [3.05, 3.63) is 29.8 Å². The molecule has 20 heavy (non-hydrogen) atoms. The number of ether oxygens (including phenoxy) is 2. The Morgan fingerprint density at radius 2 is 2.15 bits per heavy atom. The van der Waals surface area contributed by atoms with E-state index < -0.39 is 0 Å². The predicted molar refractivity (Wildman–Crippen MR) is 79.1 cm³/mol. The Balaban J connectivity index is 1.69. The Kier molecular flexibility index (Phi) is 4.24. The third-order valence-electron chi connectivity index (χ3n) is 4.23. The molecule has 1 aromatic rings. The van der Waals surface area contributed by atoms with Gasteiger partial charge >= 0.3 is 0 Å². The fourth-order valence-corrected chi connectivity index (χ4v) is 3.34. The lowest BCUT2D eigenvalue weighted by atomic mass is 9.92. The van der Waals surface area contributed by atoms with Crippen molar-refractivity contribution in [1.29, 1.82) is 0 Å². The predicted octanol–water partition coefficient (Wildman–Crippen LogP) is 1.60. The highest BCUT2D eigenvalue weighted by atomic mass is 16.5. The summed E-state index contributed by atoms with van der Waals surface area (Å²) in [6.45, 7) is 6.57. The topological polar surface area (TPSA) is 47.7 Å². The Bertz CT molecular complexity index is 452. The van der Waals surface area contributed by atoms with Crippen LogP contribution >= 0.6 is 0 Å². The first-order valence-electron chi connectivity index (χ1n) is 7.56. The minimum atomic E-state index is 0.175. The Hall–Kier alpha value is -1.10. The fraction of sp³-hybridized carbons (Fsp3) is 0.625. The van der Waals surface area contributed by atoms with Gasteiger partial charge in [0.25, 0.3) is 0 Å². The molecule has 0 aromatic heterocycles. The van der Waals surface area contributed by atoms with Crippen molar-refractivity contribution in [1.82, 2.24) is 4.90 Å². The number of nitrogens with zero attached hydrogens (tertiary/aromatic N) is 1. The minimum Gasteiger partial charge on any atom is -0.493 e. The van der Waals surface area contributed by atoms with E-state index in [1.807, 2.05) is 6.07 Å². The molecule has 0 bridgehead atoms. The molecule has 110 valence electrons. The molecule has 2 N–H and O–H groups in total. The van der Waals surface area contributed by atoms with Crippen LogP contribution in [0.25, 0.3) is 0 Å². The van der Waals surface area contributed by atoms with E-state index in [2.05, 4.69) is 30.0 Å². The highest BCUT2D eigenvalue weighted by Gasteiger charge is 2.28. The van der Waals surface area contributed by atoms with E-state index in [9.17, 15) is 0 Å². The number of fused-ring (bicyclic) bond motifs is 1. The largest absolute Gasteiger partial charge is 0.493 e. The van der Waals surface area contributed by atoms with Crippen molar-refractivity contribution < 1.29 is 9.47 Å². The molecule has 3 unspecified atom stereocenters. The molecule has 0 spiro atoms. The molecule has 0 amide bonds. The van der Waals surface area contributed by atoms with E-state index in [1.54, 1.807) is 0 Å². The highest BCUT2D eigenvalue weighted by molar-refractivity contribution is 5.37. The van der Waals surface area contributed by atoms with Crippen molar-refractivity contribution >= 4 is 0 Å². The highest BCUT2D eigenvalue weighted by Crippen LogP contribution is 2.34. The Morgan fingerprint density at radius 3 is 3.00 bits per heavy atom. The van der Waals surface area contributed by atoms with Crippen LogP contribution in [0.4, 0.5) is 0 Å². The van der Waals surface area contributed by atoms with Gasteiger partial charge in [-0.2, -0.15) is 0 Å². The number of nitrogens with two attached hydrogens (primary N) is 1. The average Bonchev–Trinajstić information content (AvgIpc) is 2.47. The zero-order valence-corrected chi connectivity index (χ0v) is 12.1.